The number of aryl methyl sites for hydroxylation is 1. The van der Waals surface area contributed by atoms with Gasteiger partial charge in [-0.2, -0.15) is 0 Å². The van der Waals surface area contributed by atoms with Crippen molar-refractivity contribution in [1.29, 1.82) is 0 Å². The van der Waals surface area contributed by atoms with Crippen LogP contribution in [0.5, 0.6) is 0 Å². The van der Waals surface area contributed by atoms with Crippen LogP contribution >= 0.6 is 0 Å². The number of rotatable bonds is 8. The Kier molecular flexibility index (Phi) is 7.75. The molecule has 0 spiro atoms. The van der Waals surface area contributed by atoms with E-state index in [1.807, 2.05) is 19.1 Å². The van der Waals surface area contributed by atoms with Crippen molar-refractivity contribution >= 4 is 6.09 Å². The molecule has 1 aromatic carbocycles. The van der Waals surface area contributed by atoms with E-state index in [0.29, 0.717) is 17.9 Å². The third-order valence-electron chi connectivity index (χ3n) is 3.99. The zero-order chi connectivity index (χ0) is 21.6. The molecule has 2 aromatic rings. The van der Waals surface area contributed by atoms with Crippen molar-refractivity contribution in [1.82, 2.24) is 10.6 Å². The topological polar surface area (TPSA) is 83.7 Å². The van der Waals surface area contributed by atoms with Gasteiger partial charge < -0.3 is 24.9 Å². The number of aliphatic hydroxyl groups excluding tert-OH is 1. The molecule has 0 unspecified atom stereocenters. The standard InChI is InChI=1S/C21H28F2N2O4/c1-13-5-6-17(28-13)11-24-12-19(26)18(25-20(27)29-21(2,3)4)9-14-7-15(22)10-16(23)8-14/h5-8,10,18-19,24,26H,9,11-12H2,1-4H3,(H,25,27)/t18-,19+/m0/s1. The molecule has 0 aliphatic carbocycles. The lowest BCUT2D eigenvalue weighted by Crippen LogP contribution is -2.49. The average molecular weight is 410 g/mol. The lowest BCUT2D eigenvalue weighted by Gasteiger charge is -2.27. The Labute approximate surface area is 169 Å². The highest BCUT2D eigenvalue weighted by molar-refractivity contribution is 5.68. The molecule has 0 radical (unpaired) electrons. The van der Waals surface area contributed by atoms with Gasteiger partial charge in [-0.15, -0.1) is 0 Å². The fourth-order valence-corrected chi connectivity index (χ4v) is 2.79. The molecule has 1 amide bonds. The lowest BCUT2D eigenvalue weighted by atomic mass is 10.0. The molecule has 1 heterocycles. The summed E-state index contributed by atoms with van der Waals surface area (Å²) in [6.45, 7) is 7.49. The summed E-state index contributed by atoms with van der Waals surface area (Å²) < 4.78 is 37.7. The minimum Gasteiger partial charge on any atom is -0.465 e. The maximum absolute atomic E-state index is 13.5. The van der Waals surface area contributed by atoms with Crippen molar-refractivity contribution in [2.75, 3.05) is 6.54 Å². The van der Waals surface area contributed by atoms with Gasteiger partial charge in [0.1, 0.15) is 28.8 Å². The minimum absolute atomic E-state index is 0.0244. The molecule has 6 nitrogen and oxygen atoms in total. The predicted octanol–water partition coefficient (Wildman–Crippen LogP) is 3.45. The minimum atomic E-state index is -1.04. The van der Waals surface area contributed by atoms with Crippen molar-refractivity contribution in [3.63, 3.8) is 0 Å². The summed E-state index contributed by atoms with van der Waals surface area (Å²) in [5.74, 6) is 0.0344. The summed E-state index contributed by atoms with van der Waals surface area (Å²) in [6.07, 6.45) is -1.73. The van der Waals surface area contributed by atoms with Gasteiger partial charge in [0.25, 0.3) is 0 Å². The predicted molar refractivity (Wildman–Crippen MR) is 104 cm³/mol. The quantitative estimate of drug-likeness (QED) is 0.621. The zero-order valence-electron chi connectivity index (χ0n) is 17.1. The number of aliphatic hydroxyl groups is 1. The van der Waals surface area contributed by atoms with E-state index in [9.17, 15) is 18.7 Å². The molecule has 3 N–H and O–H groups in total. The van der Waals surface area contributed by atoms with E-state index >= 15 is 0 Å². The van der Waals surface area contributed by atoms with Gasteiger partial charge >= 0.3 is 6.09 Å². The molecule has 160 valence electrons. The molecule has 0 aliphatic heterocycles. The fraction of sp³-hybridized carbons (Fsp3) is 0.476. The van der Waals surface area contributed by atoms with Gasteiger partial charge in [0.05, 0.1) is 18.7 Å². The number of hydrogen-bond donors (Lipinski definition) is 3. The number of amides is 1. The number of hydrogen-bond acceptors (Lipinski definition) is 5. The van der Waals surface area contributed by atoms with Crippen molar-refractivity contribution in [3.8, 4) is 0 Å². The first kappa shape index (κ1) is 22.8. The van der Waals surface area contributed by atoms with Gasteiger partial charge in [-0.25, -0.2) is 13.6 Å². The maximum Gasteiger partial charge on any atom is 0.407 e. The van der Waals surface area contributed by atoms with Gasteiger partial charge in [0.2, 0.25) is 0 Å². The van der Waals surface area contributed by atoms with Crippen LogP contribution in [-0.2, 0) is 17.7 Å². The number of ether oxygens (including phenoxy) is 1. The molecule has 0 fully saturated rings. The summed E-state index contributed by atoms with van der Waals surface area (Å²) in [4.78, 5) is 12.2. The third-order valence-corrected chi connectivity index (χ3v) is 3.99. The molecular formula is C21H28F2N2O4. The molecule has 0 saturated heterocycles. The first-order valence-corrected chi connectivity index (χ1v) is 9.40. The molecule has 2 atom stereocenters. The number of halogens is 2. The third kappa shape index (κ3) is 8.21. The van der Waals surface area contributed by atoms with Crippen LogP contribution in [0, 0.1) is 18.6 Å². The Hall–Kier alpha value is -2.45. The summed E-state index contributed by atoms with van der Waals surface area (Å²) in [7, 11) is 0. The first-order chi connectivity index (χ1) is 13.5. The first-order valence-electron chi connectivity index (χ1n) is 9.40. The van der Waals surface area contributed by atoms with E-state index < -0.39 is 35.5 Å². The number of nitrogens with one attached hydrogen (secondary N) is 2. The Bertz CT molecular complexity index is 797. The largest absolute Gasteiger partial charge is 0.465 e. The fourth-order valence-electron chi connectivity index (χ4n) is 2.79. The Balaban J connectivity index is 2.04. The molecule has 0 saturated carbocycles. The van der Waals surface area contributed by atoms with Crippen molar-refractivity contribution in [2.45, 2.75) is 58.4 Å². The van der Waals surface area contributed by atoms with Gasteiger partial charge in [0.15, 0.2) is 0 Å². The molecule has 2 rings (SSSR count). The molecular weight excluding hydrogens is 382 g/mol. The number of carbonyl (C=O) groups is 1. The van der Waals surface area contributed by atoms with E-state index in [1.54, 1.807) is 20.8 Å². The van der Waals surface area contributed by atoms with Crippen LogP contribution in [-0.4, -0.2) is 35.5 Å². The monoisotopic (exact) mass is 410 g/mol. The normalized spacial score (nSPS) is 13.8. The summed E-state index contributed by atoms with van der Waals surface area (Å²) in [6, 6.07) is 5.93. The Morgan fingerprint density at radius 1 is 1.21 bits per heavy atom. The van der Waals surface area contributed by atoms with Crippen LogP contribution < -0.4 is 10.6 Å². The second-order valence-corrected chi connectivity index (χ2v) is 7.95. The molecule has 1 aromatic heterocycles. The van der Waals surface area contributed by atoms with Crippen LogP contribution in [0.3, 0.4) is 0 Å². The maximum atomic E-state index is 13.5. The van der Waals surface area contributed by atoms with Crippen LogP contribution in [0.1, 0.15) is 37.9 Å². The molecule has 0 aliphatic rings. The average Bonchev–Trinajstić information content (AvgIpc) is 2.96. The lowest BCUT2D eigenvalue weighted by molar-refractivity contribution is 0.0421. The summed E-state index contributed by atoms with van der Waals surface area (Å²) >= 11 is 0. The number of alkyl carbamates (subject to hydrolysis) is 1. The van der Waals surface area contributed by atoms with Crippen LogP contribution in [0.2, 0.25) is 0 Å². The van der Waals surface area contributed by atoms with Gasteiger partial charge in [0, 0.05) is 12.6 Å². The van der Waals surface area contributed by atoms with E-state index in [2.05, 4.69) is 10.6 Å². The number of furan rings is 1. The van der Waals surface area contributed by atoms with Crippen LogP contribution in [0.15, 0.2) is 34.7 Å². The van der Waals surface area contributed by atoms with E-state index in [1.165, 1.54) is 12.1 Å². The van der Waals surface area contributed by atoms with Crippen molar-refractivity contribution in [3.05, 3.63) is 59.1 Å². The molecule has 29 heavy (non-hydrogen) atoms. The smallest absolute Gasteiger partial charge is 0.407 e. The second kappa shape index (κ2) is 9.84. The number of benzene rings is 1. The Morgan fingerprint density at radius 2 is 1.86 bits per heavy atom. The van der Waals surface area contributed by atoms with Crippen molar-refractivity contribution < 1.29 is 27.8 Å². The van der Waals surface area contributed by atoms with Gasteiger partial charge in [-0.3, -0.25) is 0 Å². The highest BCUT2D eigenvalue weighted by atomic mass is 19.1. The summed E-state index contributed by atoms with van der Waals surface area (Å²) in [5, 5.41) is 16.2. The second-order valence-electron chi connectivity index (χ2n) is 7.95. The van der Waals surface area contributed by atoms with E-state index in [4.69, 9.17) is 9.15 Å². The zero-order valence-corrected chi connectivity index (χ0v) is 17.1. The molecule has 8 heteroatoms. The molecule has 0 bridgehead atoms. The highest BCUT2D eigenvalue weighted by Crippen LogP contribution is 2.13. The van der Waals surface area contributed by atoms with E-state index in [-0.39, 0.29) is 13.0 Å². The van der Waals surface area contributed by atoms with E-state index in [0.717, 1.165) is 11.8 Å². The van der Waals surface area contributed by atoms with Crippen molar-refractivity contribution in [2.24, 2.45) is 0 Å². The highest BCUT2D eigenvalue weighted by Gasteiger charge is 2.25. The van der Waals surface area contributed by atoms with Gasteiger partial charge in [-0.1, -0.05) is 0 Å². The SMILES string of the molecule is Cc1ccc(CNC[C@@H](O)[C@H](Cc2cc(F)cc(F)c2)NC(=O)OC(C)(C)C)o1. The summed E-state index contributed by atoms with van der Waals surface area (Å²) in [5.41, 5.74) is -0.413. The van der Waals surface area contributed by atoms with Crippen LogP contribution in [0.25, 0.3) is 0 Å². The number of carbonyl (C=O) groups excluding carboxylic acids is 1. The van der Waals surface area contributed by atoms with Crippen LogP contribution in [0.4, 0.5) is 13.6 Å². The Morgan fingerprint density at radius 3 is 2.41 bits per heavy atom. The van der Waals surface area contributed by atoms with Gasteiger partial charge in [-0.05, 0) is 63.9 Å².